The summed E-state index contributed by atoms with van der Waals surface area (Å²) in [6, 6.07) is 9.55. The zero-order valence-corrected chi connectivity index (χ0v) is 11.4. The Morgan fingerprint density at radius 3 is 2.47 bits per heavy atom. The fourth-order valence-corrected chi connectivity index (χ4v) is 1.82. The summed E-state index contributed by atoms with van der Waals surface area (Å²) in [6.07, 6.45) is 3.23. The van der Waals surface area contributed by atoms with E-state index < -0.39 is 0 Å². The number of halogens is 2. The Morgan fingerprint density at radius 1 is 1.16 bits per heavy atom. The third-order valence-electron chi connectivity index (χ3n) is 2.64. The van der Waals surface area contributed by atoms with Crippen molar-refractivity contribution in [3.05, 3.63) is 53.1 Å². The van der Waals surface area contributed by atoms with E-state index in [0.29, 0.717) is 17.2 Å². The first-order valence-corrected chi connectivity index (χ1v) is 5.18. The molecule has 0 bridgehead atoms. The number of nitrogens with two attached hydrogens (primary N) is 1. The second kappa shape index (κ2) is 5.77. The van der Waals surface area contributed by atoms with E-state index in [1.165, 1.54) is 0 Å². The minimum Gasteiger partial charge on any atom is -0.383 e. The molecule has 0 saturated heterocycles. The van der Waals surface area contributed by atoms with E-state index in [0.717, 1.165) is 5.56 Å². The van der Waals surface area contributed by atoms with Gasteiger partial charge in [0.15, 0.2) is 0 Å². The van der Waals surface area contributed by atoms with E-state index in [4.69, 9.17) is 5.73 Å². The number of nitrogen functional groups attached to an aromatic ring is 1. The number of H-pyrrole nitrogens is 1. The molecule has 0 aliphatic rings. The van der Waals surface area contributed by atoms with Crippen LogP contribution >= 0.6 is 24.8 Å². The fourth-order valence-electron chi connectivity index (χ4n) is 1.82. The lowest BCUT2D eigenvalue weighted by Crippen LogP contribution is -2.09. The van der Waals surface area contributed by atoms with Gasteiger partial charge in [-0.1, -0.05) is 30.3 Å². The van der Waals surface area contributed by atoms with Crippen molar-refractivity contribution < 1.29 is 0 Å². The highest BCUT2D eigenvalue weighted by molar-refractivity contribution is 5.85. The Hall–Kier alpha value is -1.98. The molecule has 0 aliphatic carbocycles. The topological polar surface area (TPSA) is 76.2 Å². The molecule has 5 nitrogen and oxygen atoms in total. The summed E-state index contributed by atoms with van der Waals surface area (Å²) in [5.41, 5.74) is 7.57. The molecular weight excluding hydrogens is 287 g/mol. The number of aromatic nitrogens is 3. The van der Waals surface area contributed by atoms with Gasteiger partial charge in [0.1, 0.15) is 11.5 Å². The van der Waals surface area contributed by atoms with E-state index in [1.807, 2.05) is 30.3 Å². The van der Waals surface area contributed by atoms with Crippen LogP contribution in [0.4, 0.5) is 5.82 Å². The Morgan fingerprint density at radius 2 is 1.84 bits per heavy atom. The largest absolute Gasteiger partial charge is 0.383 e. The molecule has 2 heterocycles. The van der Waals surface area contributed by atoms with E-state index in [2.05, 4.69) is 9.97 Å². The van der Waals surface area contributed by atoms with Gasteiger partial charge in [-0.3, -0.25) is 9.20 Å². The summed E-state index contributed by atoms with van der Waals surface area (Å²) >= 11 is 0. The van der Waals surface area contributed by atoms with Crippen LogP contribution in [0.25, 0.3) is 16.9 Å². The number of hydrogen-bond acceptors (Lipinski definition) is 3. The van der Waals surface area contributed by atoms with Gasteiger partial charge in [0, 0.05) is 18.0 Å². The van der Waals surface area contributed by atoms with E-state index in [-0.39, 0.29) is 30.4 Å². The standard InChI is InChI=1S/C12H10N4O.2ClH/c13-10-9(8-4-2-1-3-5-8)15-11-12(17)14-6-7-16(10)11;;/h1-7H,13H2,(H,14,17);2*1H. The summed E-state index contributed by atoms with van der Waals surface area (Å²) in [5, 5.41) is 0. The normalized spacial score (nSPS) is 9.68. The molecule has 7 heteroatoms. The number of anilines is 1. The summed E-state index contributed by atoms with van der Waals surface area (Å²) in [5.74, 6) is 0.470. The average Bonchev–Trinajstić information content (AvgIpc) is 2.70. The SMILES string of the molecule is Cl.Cl.Nc1c(-c2ccccc2)nc2c(=O)[nH]ccn12. The molecule has 0 saturated carbocycles. The molecular formula is C12H12Cl2N4O. The number of benzene rings is 1. The van der Waals surface area contributed by atoms with Crippen LogP contribution in [0.5, 0.6) is 0 Å². The summed E-state index contributed by atoms with van der Waals surface area (Å²) < 4.78 is 1.58. The molecule has 1 aromatic carbocycles. The van der Waals surface area contributed by atoms with Crippen molar-refractivity contribution >= 4 is 36.3 Å². The van der Waals surface area contributed by atoms with E-state index in [1.54, 1.807) is 16.8 Å². The van der Waals surface area contributed by atoms with Crippen molar-refractivity contribution in [2.45, 2.75) is 0 Å². The van der Waals surface area contributed by atoms with Crippen molar-refractivity contribution in [1.82, 2.24) is 14.4 Å². The van der Waals surface area contributed by atoms with Gasteiger partial charge in [-0.2, -0.15) is 0 Å². The number of aromatic amines is 1. The molecule has 3 N–H and O–H groups in total. The van der Waals surface area contributed by atoms with Crippen molar-refractivity contribution in [3.8, 4) is 11.3 Å². The van der Waals surface area contributed by atoms with E-state index >= 15 is 0 Å². The molecule has 0 radical (unpaired) electrons. The molecule has 0 amide bonds. The van der Waals surface area contributed by atoms with Crippen LogP contribution in [0.1, 0.15) is 0 Å². The number of imidazole rings is 1. The predicted molar refractivity (Wildman–Crippen MR) is 80.2 cm³/mol. The van der Waals surface area contributed by atoms with Gasteiger partial charge in [-0.15, -0.1) is 24.8 Å². The molecule has 0 atom stereocenters. The van der Waals surface area contributed by atoms with Gasteiger partial charge in [0.05, 0.1) is 0 Å². The Kier molecular flexibility index (Phi) is 4.58. The first kappa shape index (κ1) is 15.1. The highest BCUT2D eigenvalue weighted by Crippen LogP contribution is 2.24. The minimum atomic E-state index is -0.249. The first-order valence-electron chi connectivity index (χ1n) is 5.18. The summed E-state index contributed by atoms with van der Waals surface area (Å²) in [7, 11) is 0. The number of hydrogen-bond donors (Lipinski definition) is 2. The van der Waals surface area contributed by atoms with Gasteiger partial charge >= 0.3 is 0 Å². The molecule has 3 aromatic rings. The maximum Gasteiger partial charge on any atom is 0.291 e. The lowest BCUT2D eigenvalue weighted by molar-refractivity contribution is 1.10. The van der Waals surface area contributed by atoms with Crippen molar-refractivity contribution in [3.63, 3.8) is 0 Å². The van der Waals surface area contributed by atoms with Gasteiger partial charge in [0.2, 0.25) is 5.65 Å². The molecule has 100 valence electrons. The van der Waals surface area contributed by atoms with Crippen LogP contribution in [0.3, 0.4) is 0 Å². The first-order chi connectivity index (χ1) is 8.27. The van der Waals surface area contributed by atoms with Crippen LogP contribution in [-0.2, 0) is 0 Å². The maximum absolute atomic E-state index is 11.6. The zero-order chi connectivity index (χ0) is 11.8. The smallest absolute Gasteiger partial charge is 0.291 e. The second-order valence-corrected chi connectivity index (χ2v) is 3.69. The number of fused-ring (bicyclic) bond motifs is 1. The minimum absolute atomic E-state index is 0. The molecule has 0 unspecified atom stereocenters. The van der Waals surface area contributed by atoms with Crippen LogP contribution in [0, 0.1) is 0 Å². The molecule has 3 rings (SSSR count). The Labute approximate surface area is 121 Å². The maximum atomic E-state index is 11.6. The van der Waals surface area contributed by atoms with Gasteiger partial charge in [-0.05, 0) is 0 Å². The molecule has 2 aromatic heterocycles. The lowest BCUT2D eigenvalue weighted by atomic mass is 10.1. The number of nitrogens with zero attached hydrogens (tertiary/aromatic N) is 2. The third kappa shape index (κ3) is 2.43. The molecule has 19 heavy (non-hydrogen) atoms. The van der Waals surface area contributed by atoms with Crippen molar-refractivity contribution in [1.29, 1.82) is 0 Å². The molecule has 0 spiro atoms. The average molecular weight is 299 g/mol. The number of rotatable bonds is 1. The quantitative estimate of drug-likeness (QED) is 0.722. The monoisotopic (exact) mass is 298 g/mol. The number of nitrogens with one attached hydrogen (secondary N) is 1. The van der Waals surface area contributed by atoms with Crippen molar-refractivity contribution in [2.75, 3.05) is 5.73 Å². The highest BCUT2D eigenvalue weighted by atomic mass is 35.5. The molecule has 0 fully saturated rings. The van der Waals surface area contributed by atoms with Crippen LogP contribution in [0.2, 0.25) is 0 Å². The van der Waals surface area contributed by atoms with Gasteiger partial charge in [0.25, 0.3) is 5.56 Å². The predicted octanol–water partition coefficient (Wildman–Crippen LogP) is 2.12. The second-order valence-electron chi connectivity index (χ2n) is 3.69. The summed E-state index contributed by atoms with van der Waals surface area (Å²) in [6.45, 7) is 0. The third-order valence-corrected chi connectivity index (χ3v) is 2.64. The fraction of sp³-hybridized carbons (Fsp3) is 0. The summed E-state index contributed by atoms with van der Waals surface area (Å²) in [4.78, 5) is 18.4. The Balaban J connectivity index is 0.000000902. The van der Waals surface area contributed by atoms with Crippen LogP contribution in [-0.4, -0.2) is 14.4 Å². The highest BCUT2D eigenvalue weighted by Gasteiger charge is 2.12. The van der Waals surface area contributed by atoms with Crippen molar-refractivity contribution in [2.24, 2.45) is 0 Å². The van der Waals surface area contributed by atoms with Crippen LogP contribution in [0.15, 0.2) is 47.5 Å². The lowest BCUT2D eigenvalue weighted by Gasteiger charge is -1.97. The van der Waals surface area contributed by atoms with Gasteiger partial charge in [-0.25, -0.2) is 4.98 Å². The zero-order valence-electron chi connectivity index (χ0n) is 9.74. The molecule has 0 aliphatic heterocycles. The Bertz CT molecular complexity index is 736. The van der Waals surface area contributed by atoms with Gasteiger partial charge < -0.3 is 10.7 Å². The van der Waals surface area contributed by atoms with E-state index in [9.17, 15) is 4.79 Å². The van der Waals surface area contributed by atoms with Crippen LogP contribution < -0.4 is 11.3 Å².